The molecule has 20 heavy (non-hydrogen) atoms. The predicted molar refractivity (Wildman–Crippen MR) is 70.4 cm³/mol. The largest absolute Gasteiger partial charge is 0.481 e. The first-order valence-corrected chi connectivity index (χ1v) is 7.05. The lowest BCUT2D eigenvalue weighted by atomic mass is 9.90. The summed E-state index contributed by atoms with van der Waals surface area (Å²) < 4.78 is 5.31. The zero-order chi connectivity index (χ0) is 15.0. The summed E-state index contributed by atoms with van der Waals surface area (Å²) in [7, 11) is 0. The fraction of sp³-hybridized carbons (Fsp3) is 0.786. The van der Waals surface area contributed by atoms with Gasteiger partial charge in [-0.05, 0) is 25.2 Å². The van der Waals surface area contributed by atoms with E-state index in [9.17, 15) is 14.4 Å². The Bertz CT molecular complexity index is 346. The molecule has 1 atom stereocenters. The van der Waals surface area contributed by atoms with E-state index < -0.39 is 23.6 Å². The first-order chi connectivity index (χ1) is 9.50. The smallest absolute Gasteiger partial charge is 0.314 e. The van der Waals surface area contributed by atoms with Crippen LogP contribution < -0.4 is 0 Å². The van der Waals surface area contributed by atoms with Crippen molar-refractivity contribution >= 4 is 17.7 Å². The number of rotatable bonds is 9. The normalized spacial score (nSPS) is 17.6. The second-order valence-electron chi connectivity index (χ2n) is 5.31. The van der Waals surface area contributed by atoms with E-state index in [1.54, 1.807) is 0 Å². The van der Waals surface area contributed by atoms with Crippen molar-refractivity contribution in [1.29, 1.82) is 0 Å². The van der Waals surface area contributed by atoms with Gasteiger partial charge in [0.15, 0.2) is 5.78 Å². The lowest BCUT2D eigenvalue weighted by Crippen LogP contribution is -2.29. The van der Waals surface area contributed by atoms with Gasteiger partial charge in [0.25, 0.3) is 0 Å². The second kappa shape index (κ2) is 8.68. The van der Waals surface area contributed by atoms with Crippen molar-refractivity contribution < 1.29 is 29.3 Å². The second-order valence-corrected chi connectivity index (χ2v) is 5.31. The van der Waals surface area contributed by atoms with Crippen LogP contribution in [0.4, 0.5) is 0 Å². The molecule has 0 saturated heterocycles. The van der Waals surface area contributed by atoms with Crippen molar-refractivity contribution in [3.05, 3.63) is 0 Å². The number of hydrogen-bond acceptors (Lipinski definition) is 4. The van der Waals surface area contributed by atoms with Gasteiger partial charge >= 0.3 is 11.9 Å². The van der Waals surface area contributed by atoms with Gasteiger partial charge in [-0.1, -0.05) is 19.3 Å². The standard InChI is InChI=1S/C14H22O6/c15-12(11(14(18)19)6-7-13(16)17)9-20-8-10-4-2-1-3-5-10/h10-11H,1-9H2,(H,16,17)(H,18,19). The average molecular weight is 286 g/mol. The van der Waals surface area contributed by atoms with E-state index in [1.807, 2.05) is 0 Å². The molecule has 0 aromatic heterocycles. The highest BCUT2D eigenvalue weighted by Gasteiger charge is 2.27. The first-order valence-electron chi connectivity index (χ1n) is 7.05. The van der Waals surface area contributed by atoms with Crippen LogP contribution in [0, 0.1) is 11.8 Å². The van der Waals surface area contributed by atoms with Gasteiger partial charge in [0.2, 0.25) is 0 Å². The molecule has 1 rings (SSSR count). The van der Waals surface area contributed by atoms with E-state index in [1.165, 1.54) is 19.3 Å². The first kappa shape index (κ1) is 16.6. The monoisotopic (exact) mass is 286 g/mol. The molecule has 0 amide bonds. The Morgan fingerprint density at radius 2 is 1.75 bits per heavy atom. The molecule has 0 bridgehead atoms. The Balaban J connectivity index is 2.30. The van der Waals surface area contributed by atoms with Gasteiger partial charge in [0.1, 0.15) is 12.5 Å². The van der Waals surface area contributed by atoms with E-state index in [-0.39, 0.29) is 19.4 Å². The number of carboxylic acids is 2. The van der Waals surface area contributed by atoms with Gasteiger partial charge in [0.05, 0.1) is 0 Å². The summed E-state index contributed by atoms with van der Waals surface area (Å²) in [5, 5.41) is 17.5. The average Bonchev–Trinajstić information content (AvgIpc) is 2.39. The molecule has 114 valence electrons. The molecular weight excluding hydrogens is 264 g/mol. The molecule has 2 N–H and O–H groups in total. The van der Waals surface area contributed by atoms with Crippen molar-refractivity contribution in [3.63, 3.8) is 0 Å². The number of ketones is 1. The summed E-state index contributed by atoms with van der Waals surface area (Å²) in [6.07, 6.45) is 5.27. The number of aliphatic carboxylic acids is 2. The maximum Gasteiger partial charge on any atom is 0.314 e. The number of carboxylic acid groups (broad SMARTS) is 2. The SMILES string of the molecule is O=C(O)CCC(C(=O)O)C(=O)COCC1CCCCC1. The van der Waals surface area contributed by atoms with Crippen LogP contribution in [-0.4, -0.2) is 41.1 Å². The Hall–Kier alpha value is -1.43. The highest BCUT2D eigenvalue weighted by Crippen LogP contribution is 2.23. The third-order valence-electron chi connectivity index (χ3n) is 3.66. The minimum absolute atomic E-state index is 0.184. The molecule has 1 saturated carbocycles. The number of Topliss-reactive ketones (excluding diaryl/α,β-unsaturated/α-hetero) is 1. The van der Waals surface area contributed by atoms with E-state index in [2.05, 4.69) is 0 Å². The number of carbonyl (C=O) groups is 3. The van der Waals surface area contributed by atoms with Gasteiger partial charge in [-0.3, -0.25) is 14.4 Å². The minimum atomic E-state index is -1.28. The molecule has 0 spiro atoms. The molecule has 1 aliphatic rings. The van der Waals surface area contributed by atoms with Crippen molar-refractivity contribution in [1.82, 2.24) is 0 Å². The zero-order valence-corrected chi connectivity index (χ0v) is 11.5. The highest BCUT2D eigenvalue weighted by molar-refractivity contribution is 5.99. The van der Waals surface area contributed by atoms with Crippen LogP contribution in [0.2, 0.25) is 0 Å². The van der Waals surface area contributed by atoms with E-state index in [0.717, 1.165) is 12.8 Å². The lowest BCUT2D eigenvalue weighted by molar-refractivity contribution is -0.148. The zero-order valence-electron chi connectivity index (χ0n) is 11.5. The van der Waals surface area contributed by atoms with Crippen LogP contribution in [0.3, 0.4) is 0 Å². The van der Waals surface area contributed by atoms with Gasteiger partial charge in [-0.25, -0.2) is 0 Å². The van der Waals surface area contributed by atoms with Crippen LogP contribution >= 0.6 is 0 Å². The topological polar surface area (TPSA) is 101 Å². The van der Waals surface area contributed by atoms with Crippen LogP contribution in [0.15, 0.2) is 0 Å². The Morgan fingerprint density at radius 1 is 1.10 bits per heavy atom. The fourth-order valence-electron chi connectivity index (χ4n) is 2.47. The van der Waals surface area contributed by atoms with Crippen molar-refractivity contribution in [3.8, 4) is 0 Å². The molecule has 6 heteroatoms. The Morgan fingerprint density at radius 3 is 2.30 bits per heavy atom. The van der Waals surface area contributed by atoms with Crippen molar-refractivity contribution in [2.24, 2.45) is 11.8 Å². The molecule has 1 unspecified atom stereocenters. The maximum atomic E-state index is 11.7. The summed E-state index contributed by atoms with van der Waals surface area (Å²) >= 11 is 0. The molecular formula is C14H22O6. The fourth-order valence-corrected chi connectivity index (χ4v) is 2.47. The van der Waals surface area contributed by atoms with Gasteiger partial charge in [-0.15, -0.1) is 0 Å². The molecule has 0 aromatic rings. The summed E-state index contributed by atoms with van der Waals surface area (Å²) in [5.74, 6) is -3.75. The summed E-state index contributed by atoms with van der Waals surface area (Å²) in [6.45, 7) is 0.240. The van der Waals surface area contributed by atoms with Gasteiger partial charge in [0, 0.05) is 13.0 Å². The van der Waals surface area contributed by atoms with Crippen LogP contribution in [0.25, 0.3) is 0 Å². The van der Waals surface area contributed by atoms with E-state index >= 15 is 0 Å². The number of carbonyl (C=O) groups excluding carboxylic acids is 1. The molecule has 0 heterocycles. The third kappa shape index (κ3) is 6.14. The third-order valence-corrected chi connectivity index (χ3v) is 3.66. The van der Waals surface area contributed by atoms with Crippen LogP contribution in [0.1, 0.15) is 44.9 Å². The van der Waals surface area contributed by atoms with Crippen LogP contribution in [-0.2, 0) is 19.1 Å². The van der Waals surface area contributed by atoms with E-state index in [0.29, 0.717) is 12.5 Å². The highest BCUT2D eigenvalue weighted by atomic mass is 16.5. The molecule has 0 radical (unpaired) electrons. The molecule has 6 nitrogen and oxygen atoms in total. The van der Waals surface area contributed by atoms with Gasteiger partial charge in [-0.2, -0.15) is 0 Å². The Labute approximate surface area is 118 Å². The van der Waals surface area contributed by atoms with Gasteiger partial charge < -0.3 is 14.9 Å². The molecule has 0 aliphatic heterocycles. The minimum Gasteiger partial charge on any atom is -0.481 e. The van der Waals surface area contributed by atoms with Crippen molar-refractivity contribution in [2.75, 3.05) is 13.2 Å². The summed E-state index contributed by atoms with van der Waals surface area (Å²) in [6, 6.07) is 0. The number of hydrogen-bond donors (Lipinski definition) is 2. The molecule has 0 aromatic carbocycles. The summed E-state index contributed by atoms with van der Waals surface area (Å²) in [4.78, 5) is 33.1. The molecule has 1 aliphatic carbocycles. The quantitative estimate of drug-likeness (QED) is 0.626. The van der Waals surface area contributed by atoms with Crippen LogP contribution in [0.5, 0.6) is 0 Å². The molecule has 1 fully saturated rings. The summed E-state index contributed by atoms with van der Waals surface area (Å²) in [5.41, 5.74) is 0. The Kier molecular flexibility index (Phi) is 7.22. The van der Waals surface area contributed by atoms with Crippen molar-refractivity contribution in [2.45, 2.75) is 44.9 Å². The predicted octanol–water partition coefficient (Wildman–Crippen LogP) is 1.72. The van der Waals surface area contributed by atoms with E-state index in [4.69, 9.17) is 14.9 Å². The number of ether oxygens (including phenoxy) is 1. The maximum absolute atomic E-state index is 11.7. The lowest BCUT2D eigenvalue weighted by Gasteiger charge is -2.21.